The number of nitro groups is 1. The van der Waals surface area contributed by atoms with Gasteiger partial charge in [-0.2, -0.15) is 0 Å². The lowest BCUT2D eigenvalue weighted by molar-refractivity contribution is -0.384. The van der Waals surface area contributed by atoms with E-state index in [1.807, 2.05) is 0 Å². The van der Waals surface area contributed by atoms with Gasteiger partial charge in [0.2, 0.25) is 0 Å². The molecule has 7 nitrogen and oxygen atoms in total. The second kappa shape index (κ2) is 4.81. The molecule has 2 rings (SSSR count). The van der Waals surface area contributed by atoms with Gasteiger partial charge in [0, 0.05) is 30.9 Å². The molecule has 8 heteroatoms. The minimum Gasteiger partial charge on any atom is -0.258 e. The normalized spacial score (nSPS) is 11.4. The van der Waals surface area contributed by atoms with Gasteiger partial charge >= 0.3 is 0 Å². The van der Waals surface area contributed by atoms with Gasteiger partial charge in [0.15, 0.2) is 0 Å². The summed E-state index contributed by atoms with van der Waals surface area (Å²) in [4.78, 5) is 13.9. The number of nitrogens with zero attached hydrogens (tertiary/aromatic N) is 3. The van der Waals surface area contributed by atoms with E-state index in [9.17, 15) is 18.5 Å². The Labute approximate surface area is 109 Å². The highest BCUT2D eigenvalue weighted by atomic mass is 32.2. The first kappa shape index (κ1) is 13.2. The average Bonchev–Trinajstić information content (AvgIpc) is 2.87. The number of rotatable bonds is 4. The van der Waals surface area contributed by atoms with Crippen LogP contribution in [0.5, 0.6) is 0 Å². The van der Waals surface area contributed by atoms with Crippen LogP contribution < -0.4 is 0 Å². The molecule has 0 fully saturated rings. The highest BCUT2D eigenvalue weighted by molar-refractivity contribution is 7.90. The fourth-order valence-electron chi connectivity index (χ4n) is 1.64. The van der Waals surface area contributed by atoms with Crippen molar-refractivity contribution in [2.24, 2.45) is 0 Å². The molecule has 1 heterocycles. The Kier molecular flexibility index (Phi) is 3.34. The van der Waals surface area contributed by atoms with Crippen molar-refractivity contribution in [3.05, 3.63) is 52.6 Å². The third kappa shape index (κ3) is 2.34. The van der Waals surface area contributed by atoms with E-state index in [2.05, 4.69) is 4.98 Å². The lowest BCUT2D eigenvalue weighted by Gasteiger charge is -2.07. The molecule has 100 valence electrons. The van der Waals surface area contributed by atoms with Crippen LogP contribution in [0, 0.1) is 10.1 Å². The van der Waals surface area contributed by atoms with Crippen LogP contribution in [0.15, 0.2) is 41.6 Å². The van der Waals surface area contributed by atoms with E-state index in [0.717, 1.165) is 16.1 Å². The number of non-ortho nitro benzene ring substituents is 1. The third-order valence-electron chi connectivity index (χ3n) is 2.60. The van der Waals surface area contributed by atoms with Crippen molar-refractivity contribution in [2.45, 2.75) is 18.2 Å². The molecule has 0 N–H and O–H groups in total. The molecule has 0 aliphatic carbocycles. The zero-order valence-corrected chi connectivity index (χ0v) is 10.9. The number of aromatic nitrogens is 2. The van der Waals surface area contributed by atoms with Crippen molar-refractivity contribution in [3.8, 4) is 0 Å². The standard InChI is InChI=1S/C11H11N3O4S/c1-2-11-12-7-8-13(11)19(17,18)10-5-3-9(4-6-10)14(15)16/h3-8H,2H2,1H3. The van der Waals surface area contributed by atoms with Gasteiger partial charge in [-0.25, -0.2) is 17.4 Å². The molecular formula is C11H11N3O4S. The minimum atomic E-state index is -3.75. The summed E-state index contributed by atoms with van der Waals surface area (Å²) in [5, 5.41) is 10.5. The van der Waals surface area contributed by atoms with Crippen molar-refractivity contribution >= 4 is 15.7 Å². The summed E-state index contributed by atoms with van der Waals surface area (Å²) in [6, 6.07) is 4.75. The van der Waals surface area contributed by atoms with Crippen LogP contribution in [0.4, 0.5) is 5.69 Å². The van der Waals surface area contributed by atoms with Crippen molar-refractivity contribution in [2.75, 3.05) is 0 Å². The van der Waals surface area contributed by atoms with Crippen LogP contribution in [-0.4, -0.2) is 22.3 Å². The molecule has 0 radical (unpaired) electrons. The monoisotopic (exact) mass is 281 g/mol. The summed E-state index contributed by atoms with van der Waals surface area (Å²) in [5.41, 5.74) is -0.153. The van der Waals surface area contributed by atoms with E-state index >= 15 is 0 Å². The fraction of sp³-hybridized carbons (Fsp3) is 0.182. The molecule has 2 aromatic rings. The maximum Gasteiger partial charge on any atom is 0.269 e. The maximum absolute atomic E-state index is 12.3. The molecule has 0 saturated heterocycles. The van der Waals surface area contributed by atoms with Crippen LogP contribution in [0.1, 0.15) is 12.7 Å². The number of aryl methyl sites for hydroxylation is 1. The highest BCUT2D eigenvalue weighted by Crippen LogP contribution is 2.19. The first-order valence-electron chi connectivity index (χ1n) is 5.49. The topological polar surface area (TPSA) is 95.1 Å². The summed E-state index contributed by atoms with van der Waals surface area (Å²) < 4.78 is 25.7. The maximum atomic E-state index is 12.3. The molecule has 0 unspecified atom stereocenters. The van der Waals surface area contributed by atoms with Crippen LogP contribution in [0.25, 0.3) is 0 Å². The predicted octanol–water partition coefficient (Wildman–Crippen LogP) is 1.59. The van der Waals surface area contributed by atoms with E-state index in [1.165, 1.54) is 24.5 Å². The van der Waals surface area contributed by atoms with Crippen LogP contribution in [0.3, 0.4) is 0 Å². The Bertz CT molecular complexity index is 704. The number of imidazole rings is 1. The highest BCUT2D eigenvalue weighted by Gasteiger charge is 2.20. The lowest BCUT2D eigenvalue weighted by Crippen LogP contribution is -2.15. The van der Waals surface area contributed by atoms with E-state index in [0.29, 0.717) is 12.2 Å². The minimum absolute atomic E-state index is 0.00852. The molecule has 1 aromatic heterocycles. The van der Waals surface area contributed by atoms with E-state index < -0.39 is 14.9 Å². The Morgan fingerprint density at radius 3 is 2.47 bits per heavy atom. The summed E-state index contributed by atoms with van der Waals surface area (Å²) in [5.74, 6) is 0.415. The summed E-state index contributed by atoms with van der Waals surface area (Å²) in [6.45, 7) is 1.80. The molecule has 0 aliphatic rings. The van der Waals surface area contributed by atoms with Gasteiger partial charge in [-0.05, 0) is 12.1 Å². The Hall–Kier alpha value is -2.22. The Balaban J connectivity index is 2.48. The first-order valence-corrected chi connectivity index (χ1v) is 6.93. The molecule has 19 heavy (non-hydrogen) atoms. The zero-order valence-electron chi connectivity index (χ0n) is 10.1. The smallest absolute Gasteiger partial charge is 0.258 e. The van der Waals surface area contributed by atoms with Gasteiger partial charge in [-0.1, -0.05) is 6.92 Å². The second-order valence-corrected chi connectivity index (χ2v) is 5.56. The number of nitro benzene ring substituents is 1. The second-order valence-electron chi connectivity index (χ2n) is 3.75. The molecular weight excluding hydrogens is 270 g/mol. The summed E-state index contributed by atoms with van der Waals surface area (Å²) in [6.07, 6.45) is 3.23. The van der Waals surface area contributed by atoms with Crippen LogP contribution >= 0.6 is 0 Å². The first-order chi connectivity index (χ1) is 8.96. The van der Waals surface area contributed by atoms with Gasteiger partial charge in [0.05, 0.1) is 9.82 Å². The predicted molar refractivity (Wildman–Crippen MR) is 67.3 cm³/mol. The average molecular weight is 281 g/mol. The summed E-state index contributed by atoms with van der Waals surface area (Å²) >= 11 is 0. The van der Waals surface area contributed by atoms with Crippen LogP contribution in [0.2, 0.25) is 0 Å². The van der Waals surface area contributed by atoms with Gasteiger partial charge in [-0.3, -0.25) is 10.1 Å². The van der Waals surface area contributed by atoms with Crippen molar-refractivity contribution in [1.82, 2.24) is 8.96 Å². The summed E-state index contributed by atoms with van der Waals surface area (Å²) in [7, 11) is -3.75. The Morgan fingerprint density at radius 2 is 1.95 bits per heavy atom. The van der Waals surface area contributed by atoms with Gasteiger partial charge < -0.3 is 0 Å². The van der Waals surface area contributed by atoms with Crippen molar-refractivity contribution in [3.63, 3.8) is 0 Å². The Morgan fingerprint density at radius 1 is 1.32 bits per heavy atom. The molecule has 0 atom stereocenters. The molecule has 1 aromatic carbocycles. The number of hydrogen-bond acceptors (Lipinski definition) is 5. The van der Waals surface area contributed by atoms with Crippen LogP contribution in [-0.2, 0) is 16.4 Å². The number of benzene rings is 1. The molecule has 0 saturated carbocycles. The van der Waals surface area contributed by atoms with E-state index in [1.54, 1.807) is 6.92 Å². The fourth-order valence-corrected chi connectivity index (χ4v) is 3.02. The van der Waals surface area contributed by atoms with Crippen molar-refractivity contribution < 1.29 is 13.3 Å². The molecule has 0 aliphatic heterocycles. The number of hydrogen-bond donors (Lipinski definition) is 0. The van der Waals surface area contributed by atoms with E-state index in [-0.39, 0.29) is 10.6 Å². The van der Waals surface area contributed by atoms with Gasteiger partial charge in [0.25, 0.3) is 15.7 Å². The lowest BCUT2D eigenvalue weighted by atomic mass is 10.3. The zero-order chi connectivity index (χ0) is 14.0. The molecule has 0 bridgehead atoms. The van der Waals surface area contributed by atoms with Gasteiger partial charge in [0.1, 0.15) is 5.82 Å². The quantitative estimate of drug-likeness (QED) is 0.626. The van der Waals surface area contributed by atoms with E-state index in [4.69, 9.17) is 0 Å². The molecule has 0 amide bonds. The largest absolute Gasteiger partial charge is 0.269 e. The third-order valence-corrected chi connectivity index (χ3v) is 4.32. The van der Waals surface area contributed by atoms with Crippen molar-refractivity contribution in [1.29, 1.82) is 0 Å². The van der Waals surface area contributed by atoms with Gasteiger partial charge in [-0.15, -0.1) is 0 Å². The SMILES string of the molecule is CCc1nccn1S(=O)(=O)c1ccc([N+](=O)[O-])cc1. The molecule has 0 spiro atoms.